The number of hydrogen-bond acceptors (Lipinski definition) is 4. The van der Waals surface area contributed by atoms with Gasteiger partial charge in [-0.15, -0.1) is 5.10 Å². The second-order valence-electron chi connectivity index (χ2n) is 7.79. The van der Waals surface area contributed by atoms with Gasteiger partial charge in [-0.05, 0) is 35.6 Å². The highest BCUT2D eigenvalue weighted by Crippen LogP contribution is 2.22. The van der Waals surface area contributed by atoms with Crippen molar-refractivity contribution in [2.75, 3.05) is 0 Å². The number of thiazole rings is 1. The van der Waals surface area contributed by atoms with Crippen molar-refractivity contribution < 1.29 is 0 Å². The molecule has 0 amide bonds. The average Bonchev–Trinajstić information content (AvgIpc) is 3.15. The van der Waals surface area contributed by atoms with Crippen molar-refractivity contribution >= 4 is 22.4 Å². The molecule has 2 aromatic carbocycles. The van der Waals surface area contributed by atoms with Gasteiger partial charge in [0.15, 0.2) is 5.82 Å². The Morgan fingerprint density at radius 2 is 1.81 bits per heavy atom. The zero-order chi connectivity index (χ0) is 19.2. The average molecular weight is 375 g/mol. The van der Waals surface area contributed by atoms with E-state index >= 15 is 0 Å². The molecule has 0 radical (unpaired) electrons. The number of aryl methyl sites for hydroxylation is 1. The summed E-state index contributed by atoms with van der Waals surface area (Å²) in [5.74, 6) is 0.586. The lowest BCUT2D eigenvalue weighted by Gasteiger charge is -2.18. The molecule has 136 valence electrons. The van der Waals surface area contributed by atoms with E-state index in [1.807, 2.05) is 49.4 Å². The molecule has 4 rings (SSSR count). The summed E-state index contributed by atoms with van der Waals surface area (Å²) < 4.78 is 2.04. The number of nitrogens with zero attached hydrogens (tertiary/aromatic N) is 3. The summed E-state index contributed by atoms with van der Waals surface area (Å²) in [6.45, 7) is 8.59. The lowest BCUT2D eigenvalue weighted by molar-refractivity contribution is 0.590. The number of benzene rings is 2. The molecule has 27 heavy (non-hydrogen) atoms. The molecule has 0 bridgehead atoms. The summed E-state index contributed by atoms with van der Waals surface area (Å²) in [5.41, 5.74) is 4.33. The topological polar surface area (TPSA) is 47.3 Å². The Labute approximate surface area is 161 Å². The van der Waals surface area contributed by atoms with Crippen LogP contribution in [0.3, 0.4) is 0 Å². The first-order valence-corrected chi connectivity index (χ1v) is 9.72. The van der Waals surface area contributed by atoms with E-state index in [0.29, 0.717) is 15.3 Å². The van der Waals surface area contributed by atoms with Crippen molar-refractivity contribution in [1.82, 2.24) is 14.6 Å². The fourth-order valence-corrected chi connectivity index (χ4v) is 3.88. The van der Waals surface area contributed by atoms with E-state index in [4.69, 9.17) is 0 Å². The molecule has 0 atom stereocenters. The van der Waals surface area contributed by atoms with Gasteiger partial charge in [0.25, 0.3) is 5.56 Å². The van der Waals surface area contributed by atoms with Crippen LogP contribution in [-0.2, 0) is 5.41 Å². The summed E-state index contributed by atoms with van der Waals surface area (Å²) in [6, 6.07) is 16.3. The highest BCUT2D eigenvalue weighted by Gasteiger charge is 2.14. The maximum atomic E-state index is 12.7. The van der Waals surface area contributed by atoms with E-state index in [1.165, 1.54) is 21.4 Å². The molecule has 2 aromatic heterocycles. The molecule has 0 aliphatic rings. The Kier molecular flexibility index (Phi) is 4.19. The van der Waals surface area contributed by atoms with Crippen molar-refractivity contribution in [3.05, 3.63) is 80.1 Å². The van der Waals surface area contributed by atoms with Gasteiger partial charge in [0.05, 0.1) is 4.53 Å². The third-order valence-corrected chi connectivity index (χ3v) is 5.49. The van der Waals surface area contributed by atoms with E-state index in [0.717, 1.165) is 16.7 Å². The number of aromatic nitrogens is 3. The van der Waals surface area contributed by atoms with Crippen molar-refractivity contribution in [1.29, 1.82) is 0 Å². The van der Waals surface area contributed by atoms with Gasteiger partial charge < -0.3 is 0 Å². The van der Waals surface area contributed by atoms with Crippen LogP contribution in [0, 0.1) is 6.92 Å². The van der Waals surface area contributed by atoms with E-state index in [1.54, 1.807) is 0 Å². The predicted molar refractivity (Wildman–Crippen MR) is 111 cm³/mol. The third-order valence-electron chi connectivity index (χ3n) is 4.53. The monoisotopic (exact) mass is 375 g/mol. The summed E-state index contributed by atoms with van der Waals surface area (Å²) >= 11 is 1.37. The first-order chi connectivity index (χ1) is 12.8. The third kappa shape index (κ3) is 3.43. The molecule has 4 aromatic rings. The highest BCUT2D eigenvalue weighted by atomic mass is 32.1. The summed E-state index contributed by atoms with van der Waals surface area (Å²) in [7, 11) is 0. The zero-order valence-corrected chi connectivity index (χ0v) is 16.7. The van der Waals surface area contributed by atoms with Gasteiger partial charge in [-0.2, -0.15) is 9.50 Å². The van der Waals surface area contributed by atoms with Gasteiger partial charge in [-0.1, -0.05) is 80.1 Å². The lowest BCUT2D eigenvalue weighted by atomic mass is 9.87. The number of rotatable bonds is 2. The van der Waals surface area contributed by atoms with Crippen LogP contribution in [0.4, 0.5) is 0 Å². The van der Waals surface area contributed by atoms with Crippen LogP contribution in [0.15, 0.2) is 53.3 Å². The normalized spacial score (nSPS) is 12.8. The zero-order valence-electron chi connectivity index (χ0n) is 15.9. The highest BCUT2D eigenvalue weighted by molar-refractivity contribution is 7.15. The SMILES string of the molecule is Cc1cccc(-c2nc3s/c(=C\c4ccc(C(C)(C)C)cc4)c(=O)n3n2)c1. The minimum Gasteiger partial charge on any atom is -0.266 e. The van der Waals surface area contributed by atoms with Gasteiger partial charge in [-0.25, -0.2) is 0 Å². The van der Waals surface area contributed by atoms with Crippen LogP contribution >= 0.6 is 11.3 Å². The van der Waals surface area contributed by atoms with Gasteiger partial charge in [0, 0.05) is 5.56 Å². The second-order valence-corrected chi connectivity index (χ2v) is 8.80. The fourth-order valence-electron chi connectivity index (χ4n) is 2.97. The van der Waals surface area contributed by atoms with E-state index in [-0.39, 0.29) is 11.0 Å². The Morgan fingerprint density at radius 1 is 1.07 bits per heavy atom. The predicted octanol–water partition coefficient (Wildman–Crippen LogP) is 3.97. The standard InChI is InChI=1S/C22H21N3OS/c1-14-6-5-7-16(12-14)19-23-21-25(24-19)20(26)18(27-21)13-15-8-10-17(11-9-15)22(2,3)4/h5-13H,1-4H3/b18-13-. The fraction of sp³-hybridized carbons (Fsp3) is 0.227. The van der Waals surface area contributed by atoms with Gasteiger partial charge >= 0.3 is 0 Å². The largest absolute Gasteiger partial charge is 0.291 e. The molecule has 0 spiro atoms. The molecule has 4 nitrogen and oxygen atoms in total. The molecule has 0 fully saturated rings. The van der Waals surface area contributed by atoms with E-state index in [9.17, 15) is 4.79 Å². The van der Waals surface area contributed by atoms with Gasteiger partial charge in [0.2, 0.25) is 4.96 Å². The number of fused-ring (bicyclic) bond motifs is 1. The molecular formula is C22H21N3OS. The number of hydrogen-bond donors (Lipinski definition) is 0. The quantitative estimate of drug-likeness (QED) is 0.533. The summed E-state index contributed by atoms with van der Waals surface area (Å²) in [6.07, 6.45) is 1.90. The minimum atomic E-state index is -0.124. The Morgan fingerprint density at radius 3 is 2.44 bits per heavy atom. The minimum absolute atomic E-state index is 0.113. The molecule has 0 saturated heterocycles. The first-order valence-electron chi connectivity index (χ1n) is 8.90. The van der Waals surface area contributed by atoms with Crippen LogP contribution in [0.1, 0.15) is 37.5 Å². The maximum absolute atomic E-state index is 12.7. The van der Waals surface area contributed by atoms with E-state index < -0.39 is 0 Å². The molecule has 5 heteroatoms. The van der Waals surface area contributed by atoms with E-state index in [2.05, 4.69) is 43.0 Å². The molecule has 0 unspecified atom stereocenters. The molecule has 0 aliphatic carbocycles. The molecule has 2 heterocycles. The Bertz CT molecular complexity index is 1230. The van der Waals surface area contributed by atoms with Gasteiger partial charge in [0.1, 0.15) is 0 Å². The molecule has 0 saturated carbocycles. The Hall–Kier alpha value is -2.79. The van der Waals surface area contributed by atoms with Crippen LogP contribution in [0.25, 0.3) is 22.4 Å². The summed E-state index contributed by atoms with van der Waals surface area (Å²) in [4.78, 5) is 17.9. The van der Waals surface area contributed by atoms with Crippen molar-refractivity contribution in [2.24, 2.45) is 0 Å². The van der Waals surface area contributed by atoms with Crippen LogP contribution < -0.4 is 10.1 Å². The maximum Gasteiger partial charge on any atom is 0.291 e. The van der Waals surface area contributed by atoms with Crippen LogP contribution in [-0.4, -0.2) is 14.6 Å². The molecule has 0 aliphatic heterocycles. The van der Waals surface area contributed by atoms with Crippen LogP contribution in [0.5, 0.6) is 0 Å². The lowest BCUT2D eigenvalue weighted by Crippen LogP contribution is -2.23. The van der Waals surface area contributed by atoms with Crippen LogP contribution in [0.2, 0.25) is 0 Å². The Balaban J connectivity index is 1.73. The molecular weight excluding hydrogens is 354 g/mol. The van der Waals surface area contributed by atoms with Crippen molar-refractivity contribution in [3.8, 4) is 11.4 Å². The summed E-state index contributed by atoms with van der Waals surface area (Å²) in [5, 5.41) is 4.42. The van der Waals surface area contributed by atoms with Crippen molar-refractivity contribution in [3.63, 3.8) is 0 Å². The first kappa shape index (κ1) is 17.6. The smallest absolute Gasteiger partial charge is 0.266 e. The molecule has 0 N–H and O–H groups in total. The van der Waals surface area contributed by atoms with Gasteiger partial charge in [-0.3, -0.25) is 4.79 Å². The van der Waals surface area contributed by atoms with Crippen molar-refractivity contribution in [2.45, 2.75) is 33.1 Å². The second kappa shape index (κ2) is 6.43.